The van der Waals surface area contributed by atoms with E-state index in [0.717, 1.165) is 36.4 Å². The number of quaternary nitrogens is 1. The zero-order chi connectivity index (χ0) is 20.8. The Kier molecular flexibility index (Phi) is 6.82. The molecule has 0 spiro atoms. The van der Waals surface area contributed by atoms with Gasteiger partial charge in [0.2, 0.25) is 0 Å². The van der Waals surface area contributed by atoms with Gasteiger partial charge in [0.05, 0.1) is 40.5 Å². The molecule has 2 aromatic carbocycles. The van der Waals surface area contributed by atoms with Crippen LogP contribution in [-0.4, -0.2) is 47.4 Å². The molecule has 1 unspecified atom stereocenters. The summed E-state index contributed by atoms with van der Waals surface area (Å²) in [6.45, 7) is 1.31. The number of anilines is 1. The predicted molar refractivity (Wildman–Crippen MR) is 110 cm³/mol. The Morgan fingerprint density at radius 3 is 2.38 bits per heavy atom. The van der Waals surface area contributed by atoms with Crippen LogP contribution in [0.25, 0.3) is 0 Å². The van der Waals surface area contributed by atoms with Crippen molar-refractivity contribution in [3.05, 3.63) is 42.0 Å². The van der Waals surface area contributed by atoms with Crippen LogP contribution in [0.2, 0.25) is 0 Å². The van der Waals surface area contributed by atoms with E-state index in [2.05, 4.69) is 5.32 Å². The maximum atomic E-state index is 12.7. The fourth-order valence-corrected chi connectivity index (χ4v) is 3.94. The summed E-state index contributed by atoms with van der Waals surface area (Å²) in [5.74, 6) is 2.79. The normalized spacial score (nSPS) is 18.2. The Morgan fingerprint density at radius 2 is 1.69 bits per heavy atom. The number of carbonyl (C=O) groups excluding carboxylic acids is 1. The van der Waals surface area contributed by atoms with E-state index in [1.165, 1.54) is 4.90 Å². The maximum Gasteiger partial charge on any atom is 0.279 e. The third kappa shape index (κ3) is 4.74. The maximum absolute atomic E-state index is 12.7. The smallest absolute Gasteiger partial charge is 0.279 e. The lowest BCUT2D eigenvalue weighted by Crippen LogP contribution is -3.11. The minimum atomic E-state index is -0.0408. The summed E-state index contributed by atoms with van der Waals surface area (Å²) in [6, 6.07) is 11.4. The zero-order valence-corrected chi connectivity index (χ0v) is 17.4. The van der Waals surface area contributed by atoms with Crippen LogP contribution >= 0.6 is 0 Å². The molecule has 7 nitrogen and oxygen atoms in total. The minimum Gasteiger partial charge on any atom is -0.497 e. The lowest BCUT2D eigenvalue weighted by molar-refractivity contribution is -0.910. The van der Waals surface area contributed by atoms with Gasteiger partial charge in [-0.2, -0.15) is 0 Å². The van der Waals surface area contributed by atoms with Crippen molar-refractivity contribution >= 4 is 11.6 Å². The standard InChI is InChI=1S/C22H28N2O5/c1-26-16-8-10-19(27-2)17(13-16)18-6-5-11-24(18)14-22(25)23-15-7-9-20(28-3)21(12-15)29-4/h7-10,12-13,18H,5-6,11,14H2,1-4H3,(H,23,25)/p+1/t18-/m1/s1. The lowest BCUT2D eigenvalue weighted by atomic mass is 10.0. The van der Waals surface area contributed by atoms with E-state index in [1.54, 1.807) is 46.6 Å². The minimum absolute atomic E-state index is 0.0408. The lowest BCUT2D eigenvalue weighted by Gasteiger charge is -2.23. The Labute approximate surface area is 171 Å². The first-order valence-electron chi connectivity index (χ1n) is 9.68. The Morgan fingerprint density at radius 1 is 0.966 bits per heavy atom. The molecule has 156 valence electrons. The molecule has 1 saturated heterocycles. The molecular formula is C22H29N2O5+. The van der Waals surface area contributed by atoms with Gasteiger partial charge in [0.1, 0.15) is 17.5 Å². The molecule has 1 fully saturated rings. The third-order valence-electron chi connectivity index (χ3n) is 5.35. The van der Waals surface area contributed by atoms with E-state index in [4.69, 9.17) is 18.9 Å². The van der Waals surface area contributed by atoms with Gasteiger partial charge in [-0.25, -0.2) is 0 Å². The van der Waals surface area contributed by atoms with Gasteiger partial charge >= 0.3 is 0 Å². The molecule has 2 atom stereocenters. The van der Waals surface area contributed by atoms with E-state index in [0.29, 0.717) is 23.7 Å². The summed E-state index contributed by atoms with van der Waals surface area (Å²) >= 11 is 0. The van der Waals surface area contributed by atoms with Crippen LogP contribution in [0.15, 0.2) is 36.4 Å². The van der Waals surface area contributed by atoms with Crippen molar-refractivity contribution in [3.8, 4) is 23.0 Å². The van der Waals surface area contributed by atoms with Gasteiger partial charge in [-0.05, 0) is 30.3 Å². The van der Waals surface area contributed by atoms with Crippen LogP contribution in [0.3, 0.4) is 0 Å². The molecule has 0 aliphatic carbocycles. The van der Waals surface area contributed by atoms with E-state index in [1.807, 2.05) is 18.2 Å². The van der Waals surface area contributed by atoms with E-state index in [-0.39, 0.29) is 11.9 Å². The Balaban J connectivity index is 1.72. The zero-order valence-electron chi connectivity index (χ0n) is 17.4. The van der Waals surface area contributed by atoms with Crippen LogP contribution in [0.1, 0.15) is 24.4 Å². The van der Waals surface area contributed by atoms with E-state index >= 15 is 0 Å². The second kappa shape index (κ2) is 9.52. The first kappa shape index (κ1) is 20.8. The van der Waals surface area contributed by atoms with Crippen molar-refractivity contribution in [2.24, 2.45) is 0 Å². The Bertz CT molecular complexity index is 855. The summed E-state index contributed by atoms with van der Waals surface area (Å²) in [4.78, 5) is 13.9. The van der Waals surface area contributed by atoms with Crippen LogP contribution in [0, 0.1) is 0 Å². The van der Waals surface area contributed by atoms with Gasteiger partial charge in [-0.15, -0.1) is 0 Å². The molecule has 3 rings (SSSR count). The topological polar surface area (TPSA) is 70.5 Å². The van der Waals surface area contributed by atoms with Crippen molar-refractivity contribution in [2.45, 2.75) is 18.9 Å². The summed E-state index contributed by atoms with van der Waals surface area (Å²) in [5, 5.41) is 2.97. The molecule has 1 aliphatic heterocycles. The van der Waals surface area contributed by atoms with Crippen LogP contribution < -0.4 is 29.2 Å². The molecule has 0 bridgehead atoms. The Hall–Kier alpha value is -2.93. The number of hydrogen-bond donors (Lipinski definition) is 2. The monoisotopic (exact) mass is 401 g/mol. The molecule has 2 aromatic rings. The highest BCUT2D eigenvalue weighted by atomic mass is 16.5. The van der Waals surface area contributed by atoms with Crippen molar-refractivity contribution in [2.75, 3.05) is 46.8 Å². The highest BCUT2D eigenvalue weighted by molar-refractivity contribution is 5.91. The van der Waals surface area contributed by atoms with Gasteiger partial charge in [0, 0.05) is 24.6 Å². The van der Waals surface area contributed by atoms with Gasteiger partial charge in [-0.3, -0.25) is 4.79 Å². The fraction of sp³-hybridized carbons (Fsp3) is 0.409. The molecule has 0 radical (unpaired) electrons. The number of benzene rings is 2. The van der Waals surface area contributed by atoms with Gasteiger partial charge in [0.15, 0.2) is 18.0 Å². The SMILES string of the molecule is COc1ccc(OC)c([C@H]2CCC[NH+]2CC(=O)Nc2ccc(OC)c(OC)c2)c1. The summed E-state index contributed by atoms with van der Waals surface area (Å²) < 4.78 is 21.5. The molecular weight excluding hydrogens is 372 g/mol. The van der Waals surface area contributed by atoms with Gasteiger partial charge < -0.3 is 29.2 Å². The second-order valence-electron chi connectivity index (χ2n) is 7.01. The number of methoxy groups -OCH3 is 4. The third-order valence-corrected chi connectivity index (χ3v) is 5.35. The van der Waals surface area contributed by atoms with Crippen LogP contribution in [0.4, 0.5) is 5.69 Å². The first-order chi connectivity index (χ1) is 14.1. The summed E-state index contributed by atoms with van der Waals surface area (Å²) in [6.07, 6.45) is 2.06. The largest absolute Gasteiger partial charge is 0.497 e. The first-order valence-corrected chi connectivity index (χ1v) is 9.68. The number of hydrogen-bond acceptors (Lipinski definition) is 5. The average Bonchev–Trinajstić information content (AvgIpc) is 3.20. The quantitative estimate of drug-likeness (QED) is 0.709. The van der Waals surface area contributed by atoms with Gasteiger partial charge in [0.25, 0.3) is 5.91 Å². The number of carbonyl (C=O) groups is 1. The van der Waals surface area contributed by atoms with Crippen molar-refractivity contribution in [1.29, 1.82) is 0 Å². The molecule has 29 heavy (non-hydrogen) atoms. The van der Waals surface area contributed by atoms with Crippen LogP contribution in [0.5, 0.6) is 23.0 Å². The molecule has 1 heterocycles. The highest BCUT2D eigenvalue weighted by Crippen LogP contribution is 2.32. The molecule has 1 aliphatic rings. The molecule has 0 aromatic heterocycles. The number of amides is 1. The summed E-state index contributed by atoms with van der Waals surface area (Å²) in [5.41, 5.74) is 1.76. The van der Waals surface area contributed by atoms with Crippen molar-refractivity contribution in [3.63, 3.8) is 0 Å². The van der Waals surface area contributed by atoms with E-state index < -0.39 is 0 Å². The molecule has 2 N–H and O–H groups in total. The van der Waals surface area contributed by atoms with E-state index in [9.17, 15) is 4.79 Å². The number of nitrogens with one attached hydrogen (secondary N) is 2. The van der Waals surface area contributed by atoms with Crippen LogP contribution in [-0.2, 0) is 4.79 Å². The summed E-state index contributed by atoms with van der Waals surface area (Å²) in [7, 11) is 6.48. The predicted octanol–water partition coefficient (Wildman–Crippen LogP) is 2.08. The number of ether oxygens (including phenoxy) is 4. The average molecular weight is 401 g/mol. The van der Waals surface area contributed by atoms with Gasteiger partial charge in [-0.1, -0.05) is 0 Å². The fourth-order valence-electron chi connectivity index (χ4n) is 3.94. The number of likely N-dealkylation sites (tertiary alicyclic amines) is 1. The highest BCUT2D eigenvalue weighted by Gasteiger charge is 2.34. The van der Waals surface area contributed by atoms with Crippen molar-refractivity contribution < 1.29 is 28.6 Å². The molecule has 7 heteroatoms. The van der Waals surface area contributed by atoms with Crippen molar-refractivity contribution in [1.82, 2.24) is 0 Å². The molecule has 0 saturated carbocycles. The molecule has 1 amide bonds. The second-order valence-corrected chi connectivity index (χ2v) is 7.01. The number of rotatable bonds is 8.